The maximum atomic E-state index is 12.0. The molecule has 1 unspecified atom stereocenters. The number of imidazole rings is 1. The van der Waals surface area contributed by atoms with Crippen LogP contribution in [0.15, 0.2) is 35.5 Å². The Hall–Kier alpha value is -1.86. The van der Waals surface area contributed by atoms with Crippen molar-refractivity contribution < 1.29 is 18.3 Å². The molecule has 2 heterocycles. The van der Waals surface area contributed by atoms with Gasteiger partial charge in [-0.1, -0.05) is 6.92 Å². The second kappa shape index (κ2) is 5.73. The minimum atomic E-state index is -3.33. The predicted molar refractivity (Wildman–Crippen MR) is 81.1 cm³/mol. The Kier molecular flexibility index (Phi) is 3.92. The maximum Gasteiger partial charge on any atom is 0.178 e. The third kappa shape index (κ3) is 2.62. The summed E-state index contributed by atoms with van der Waals surface area (Å²) in [6.07, 6.45) is 4.24. The van der Waals surface area contributed by atoms with Crippen molar-refractivity contribution in [3.8, 4) is 11.4 Å². The van der Waals surface area contributed by atoms with E-state index in [9.17, 15) is 13.5 Å². The first-order chi connectivity index (χ1) is 10.5. The number of benzene rings is 1. The number of hydrogen-bond acceptors (Lipinski definition) is 5. The van der Waals surface area contributed by atoms with Crippen LogP contribution in [0.5, 0.6) is 5.75 Å². The van der Waals surface area contributed by atoms with Crippen LogP contribution in [-0.2, 0) is 14.6 Å². The van der Waals surface area contributed by atoms with Crippen LogP contribution in [0, 0.1) is 0 Å². The number of nitrogens with zero attached hydrogens (tertiary/aromatic N) is 2. The number of aromatic nitrogens is 2. The van der Waals surface area contributed by atoms with Crippen molar-refractivity contribution >= 4 is 9.84 Å². The highest BCUT2D eigenvalue weighted by Crippen LogP contribution is 2.31. The summed E-state index contributed by atoms with van der Waals surface area (Å²) in [5.74, 6) is 0.970. The number of ether oxygens (including phenoxy) is 1. The fourth-order valence-electron chi connectivity index (χ4n) is 2.62. The van der Waals surface area contributed by atoms with E-state index in [2.05, 4.69) is 4.98 Å². The number of aromatic hydroxyl groups is 1. The van der Waals surface area contributed by atoms with Crippen molar-refractivity contribution in [3.63, 3.8) is 0 Å². The molecule has 22 heavy (non-hydrogen) atoms. The van der Waals surface area contributed by atoms with E-state index < -0.39 is 9.84 Å². The fourth-order valence-corrected chi connectivity index (χ4v) is 3.52. The van der Waals surface area contributed by atoms with E-state index in [-0.39, 0.29) is 22.3 Å². The second-order valence-electron chi connectivity index (χ2n) is 5.27. The van der Waals surface area contributed by atoms with Gasteiger partial charge in [0.25, 0.3) is 0 Å². The lowest BCUT2D eigenvalue weighted by molar-refractivity contribution is 0.193. The lowest BCUT2D eigenvalue weighted by atomic mass is 10.1. The number of hydrogen-bond donors (Lipinski definition) is 1. The quantitative estimate of drug-likeness (QED) is 0.929. The van der Waals surface area contributed by atoms with E-state index in [0.29, 0.717) is 18.9 Å². The van der Waals surface area contributed by atoms with Crippen LogP contribution in [0.4, 0.5) is 0 Å². The molecule has 0 spiro atoms. The highest BCUT2D eigenvalue weighted by atomic mass is 32.2. The Morgan fingerprint density at radius 3 is 2.95 bits per heavy atom. The van der Waals surface area contributed by atoms with Gasteiger partial charge in [-0.3, -0.25) is 4.57 Å². The average molecular weight is 322 g/mol. The van der Waals surface area contributed by atoms with Crippen molar-refractivity contribution in [2.45, 2.75) is 24.2 Å². The van der Waals surface area contributed by atoms with Gasteiger partial charge in [-0.25, -0.2) is 13.4 Å². The van der Waals surface area contributed by atoms with Gasteiger partial charge in [0.15, 0.2) is 9.84 Å². The van der Waals surface area contributed by atoms with E-state index in [0.717, 1.165) is 12.2 Å². The summed E-state index contributed by atoms with van der Waals surface area (Å²) in [4.78, 5) is 4.55. The molecule has 6 nitrogen and oxygen atoms in total. The van der Waals surface area contributed by atoms with Crippen LogP contribution in [0.3, 0.4) is 0 Å². The van der Waals surface area contributed by atoms with Gasteiger partial charge in [0.05, 0.1) is 22.9 Å². The lowest BCUT2D eigenvalue weighted by Crippen LogP contribution is -2.09. The Labute approximate surface area is 129 Å². The summed E-state index contributed by atoms with van der Waals surface area (Å²) in [5.41, 5.74) is 0.425. The third-order valence-electron chi connectivity index (χ3n) is 3.91. The zero-order valence-electron chi connectivity index (χ0n) is 12.3. The predicted octanol–water partition coefficient (Wildman–Crippen LogP) is 1.88. The van der Waals surface area contributed by atoms with E-state index in [1.165, 1.54) is 18.2 Å². The second-order valence-corrected chi connectivity index (χ2v) is 7.55. The Bertz CT molecular complexity index is 777. The Morgan fingerprint density at radius 1 is 1.45 bits per heavy atom. The summed E-state index contributed by atoms with van der Waals surface area (Å²) in [7, 11) is -3.33. The molecular weight excluding hydrogens is 304 g/mol. The zero-order chi connectivity index (χ0) is 15.7. The van der Waals surface area contributed by atoms with Gasteiger partial charge in [-0.15, -0.1) is 0 Å². The molecule has 1 saturated heterocycles. The molecule has 0 bridgehead atoms. The van der Waals surface area contributed by atoms with Gasteiger partial charge in [0, 0.05) is 24.9 Å². The number of phenolic OH excluding ortho intramolecular Hbond substituents is 1. The highest BCUT2D eigenvalue weighted by molar-refractivity contribution is 7.91. The highest BCUT2D eigenvalue weighted by Gasteiger charge is 2.24. The summed E-state index contributed by atoms with van der Waals surface area (Å²) in [6.45, 7) is 2.87. The summed E-state index contributed by atoms with van der Waals surface area (Å²) < 4.78 is 31.2. The Morgan fingerprint density at radius 2 is 2.27 bits per heavy atom. The molecule has 1 aromatic carbocycles. The molecule has 118 valence electrons. The topological polar surface area (TPSA) is 81.4 Å². The first-order valence-electron chi connectivity index (χ1n) is 7.20. The van der Waals surface area contributed by atoms with Gasteiger partial charge in [-0.2, -0.15) is 0 Å². The molecule has 1 aliphatic heterocycles. The molecule has 3 rings (SSSR count). The molecule has 1 N–H and O–H groups in total. The molecule has 1 fully saturated rings. The maximum absolute atomic E-state index is 12.0. The molecule has 1 aliphatic rings. The molecule has 7 heteroatoms. The molecule has 1 atom stereocenters. The van der Waals surface area contributed by atoms with Crippen LogP contribution in [0.2, 0.25) is 0 Å². The van der Waals surface area contributed by atoms with E-state index in [1.807, 2.05) is 0 Å². The van der Waals surface area contributed by atoms with Crippen LogP contribution >= 0.6 is 0 Å². The SMILES string of the molecule is CCS(=O)(=O)c1ccc(O)c(-n2ccnc2C2CCOC2)c1. The van der Waals surface area contributed by atoms with Crippen molar-refractivity contribution in [1.29, 1.82) is 0 Å². The lowest BCUT2D eigenvalue weighted by Gasteiger charge is -2.14. The fraction of sp³-hybridized carbons (Fsp3) is 0.400. The first-order valence-corrected chi connectivity index (χ1v) is 8.85. The normalized spacial score (nSPS) is 18.7. The van der Waals surface area contributed by atoms with Gasteiger partial charge >= 0.3 is 0 Å². The van der Waals surface area contributed by atoms with E-state index in [4.69, 9.17) is 4.74 Å². The van der Waals surface area contributed by atoms with E-state index >= 15 is 0 Å². The van der Waals surface area contributed by atoms with Crippen molar-refractivity contribution in [2.75, 3.05) is 19.0 Å². The molecule has 0 saturated carbocycles. The molecule has 0 amide bonds. The van der Waals surface area contributed by atoms with Crippen LogP contribution in [0.25, 0.3) is 5.69 Å². The summed E-state index contributed by atoms with van der Waals surface area (Å²) in [6, 6.07) is 4.33. The Balaban J connectivity index is 2.09. The summed E-state index contributed by atoms with van der Waals surface area (Å²) in [5, 5.41) is 10.1. The van der Waals surface area contributed by atoms with Crippen LogP contribution in [-0.4, -0.2) is 42.0 Å². The number of rotatable bonds is 4. The van der Waals surface area contributed by atoms with Gasteiger partial charge in [-0.05, 0) is 24.6 Å². The van der Waals surface area contributed by atoms with Crippen LogP contribution < -0.4 is 0 Å². The molecule has 1 aromatic heterocycles. The van der Waals surface area contributed by atoms with Crippen molar-refractivity contribution in [1.82, 2.24) is 9.55 Å². The van der Waals surface area contributed by atoms with Crippen molar-refractivity contribution in [2.24, 2.45) is 0 Å². The number of phenols is 1. The minimum absolute atomic E-state index is 0.0183. The molecule has 2 aromatic rings. The van der Waals surface area contributed by atoms with Gasteiger partial charge in [0.1, 0.15) is 11.6 Å². The smallest absolute Gasteiger partial charge is 0.178 e. The van der Waals surface area contributed by atoms with E-state index in [1.54, 1.807) is 23.9 Å². The summed E-state index contributed by atoms with van der Waals surface area (Å²) >= 11 is 0. The first kappa shape index (κ1) is 15.1. The minimum Gasteiger partial charge on any atom is -0.506 e. The zero-order valence-corrected chi connectivity index (χ0v) is 13.1. The average Bonchev–Trinajstić information content (AvgIpc) is 3.18. The molecule has 0 radical (unpaired) electrons. The molecule has 0 aliphatic carbocycles. The monoisotopic (exact) mass is 322 g/mol. The number of sulfone groups is 1. The standard InChI is InChI=1S/C15H18N2O4S/c1-2-22(19,20)12-3-4-14(18)13(9-12)17-7-6-16-15(17)11-5-8-21-10-11/h3-4,6-7,9,11,18H,2,5,8,10H2,1H3. The molecular formula is C15H18N2O4S. The van der Waals surface area contributed by atoms with Crippen molar-refractivity contribution in [3.05, 3.63) is 36.4 Å². The van der Waals surface area contributed by atoms with Crippen LogP contribution in [0.1, 0.15) is 25.1 Å². The van der Waals surface area contributed by atoms with Gasteiger partial charge < -0.3 is 9.84 Å². The van der Waals surface area contributed by atoms with Gasteiger partial charge in [0.2, 0.25) is 0 Å². The largest absolute Gasteiger partial charge is 0.506 e. The third-order valence-corrected chi connectivity index (χ3v) is 5.64.